The minimum Gasteiger partial charge on any atom is -0.444 e. The van der Waals surface area contributed by atoms with Crippen LogP contribution < -0.4 is 10.6 Å². The van der Waals surface area contributed by atoms with Crippen LogP contribution in [-0.4, -0.2) is 56.7 Å². The fraction of sp³-hybridized carbons (Fsp3) is 0.345. The van der Waals surface area contributed by atoms with Crippen molar-refractivity contribution >= 4 is 34.5 Å². The van der Waals surface area contributed by atoms with Gasteiger partial charge in [0.25, 0.3) is 0 Å². The molecule has 1 aliphatic rings. The number of H-pyrrole nitrogens is 1. The maximum absolute atomic E-state index is 13.4. The van der Waals surface area contributed by atoms with E-state index in [0.29, 0.717) is 29.8 Å². The lowest BCUT2D eigenvalue weighted by Gasteiger charge is -2.41. The second-order valence-corrected chi connectivity index (χ2v) is 11.0. The molecule has 3 N–H and O–H groups in total. The highest BCUT2D eigenvalue weighted by Gasteiger charge is 2.36. The van der Waals surface area contributed by atoms with Crippen molar-refractivity contribution in [3.05, 3.63) is 77.6 Å². The van der Waals surface area contributed by atoms with Crippen molar-refractivity contribution in [1.82, 2.24) is 25.2 Å². The number of hydrogen-bond acceptors (Lipinski definition) is 6. The number of aromatic amines is 1. The SMILES string of the molecule is CC(C)(C)OC(=O)N(Cc1ccccc1)[C@@H]1CNCCC1Nc1ncc(Cl)c(-c2c[nH]c3ccccc23)n1. The van der Waals surface area contributed by atoms with Crippen LogP contribution in [0.25, 0.3) is 22.2 Å². The zero-order valence-corrected chi connectivity index (χ0v) is 22.6. The molecule has 2 aromatic heterocycles. The summed E-state index contributed by atoms with van der Waals surface area (Å²) in [5.74, 6) is 0.468. The fourth-order valence-electron chi connectivity index (χ4n) is 4.81. The summed E-state index contributed by atoms with van der Waals surface area (Å²) in [5, 5.41) is 8.47. The van der Waals surface area contributed by atoms with Crippen LogP contribution in [0.2, 0.25) is 5.02 Å². The first-order chi connectivity index (χ1) is 18.3. The summed E-state index contributed by atoms with van der Waals surface area (Å²) in [6.07, 6.45) is 3.98. The van der Waals surface area contributed by atoms with Crippen LogP contribution in [0.15, 0.2) is 67.0 Å². The minimum absolute atomic E-state index is 0.0931. The predicted molar refractivity (Wildman–Crippen MR) is 151 cm³/mol. The average Bonchev–Trinajstić information content (AvgIpc) is 3.32. The summed E-state index contributed by atoms with van der Waals surface area (Å²) in [4.78, 5) is 27.8. The molecule has 0 spiro atoms. The van der Waals surface area contributed by atoms with Gasteiger partial charge in [0.2, 0.25) is 5.95 Å². The lowest BCUT2D eigenvalue weighted by Crippen LogP contribution is -2.58. The number of hydrogen-bond donors (Lipinski definition) is 3. The molecule has 8 nitrogen and oxygen atoms in total. The number of ether oxygens (including phenoxy) is 1. The summed E-state index contributed by atoms with van der Waals surface area (Å²) in [6, 6.07) is 17.7. The molecule has 198 valence electrons. The van der Waals surface area contributed by atoms with Gasteiger partial charge in [0.15, 0.2) is 0 Å². The number of benzene rings is 2. The van der Waals surface area contributed by atoms with Crippen LogP contribution in [-0.2, 0) is 11.3 Å². The molecule has 0 radical (unpaired) electrons. The molecule has 0 saturated carbocycles. The highest BCUT2D eigenvalue weighted by molar-refractivity contribution is 6.33. The lowest BCUT2D eigenvalue weighted by atomic mass is 9.98. The largest absolute Gasteiger partial charge is 0.444 e. The van der Waals surface area contributed by atoms with E-state index in [9.17, 15) is 4.79 Å². The topological polar surface area (TPSA) is 95.2 Å². The molecule has 1 fully saturated rings. The first-order valence-electron chi connectivity index (χ1n) is 12.9. The number of fused-ring (bicyclic) bond motifs is 1. The predicted octanol–water partition coefficient (Wildman–Crippen LogP) is 5.86. The van der Waals surface area contributed by atoms with E-state index in [2.05, 4.69) is 20.6 Å². The molecule has 5 rings (SSSR count). The molecule has 2 atom stereocenters. The Morgan fingerprint density at radius 1 is 1.16 bits per heavy atom. The van der Waals surface area contributed by atoms with E-state index < -0.39 is 5.60 Å². The molecule has 2 aromatic carbocycles. The summed E-state index contributed by atoms with van der Waals surface area (Å²) in [5.41, 5.74) is 3.01. The second kappa shape index (κ2) is 11.0. The number of nitrogens with one attached hydrogen (secondary N) is 3. The smallest absolute Gasteiger partial charge is 0.410 e. The maximum Gasteiger partial charge on any atom is 0.410 e. The van der Waals surface area contributed by atoms with Crippen molar-refractivity contribution in [3.8, 4) is 11.3 Å². The van der Waals surface area contributed by atoms with Crippen molar-refractivity contribution in [2.75, 3.05) is 18.4 Å². The Hall–Kier alpha value is -3.62. The van der Waals surface area contributed by atoms with Gasteiger partial charge in [-0.25, -0.2) is 14.8 Å². The molecule has 0 bridgehead atoms. The summed E-state index contributed by atoms with van der Waals surface area (Å²) >= 11 is 6.56. The van der Waals surface area contributed by atoms with E-state index >= 15 is 0 Å². The molecule has 9 heteroatoms. The highest BCUT2D eigenvalue weighted by atomic mass is 35.5. The third kappa shape index (κ3) is 5.92. The van der Waals surface area contributed by atoms with Crippen molar-refractivity contribution in [1.29, 1.82) is 0 Å². The summed E-state index contributed by atoms with van der Waals surface area (Å²) in [7, 11) is 0. The van der Waals surface area contributed by atoms with Gasteiger partial charge in [0, 0.05) is 35.8 Å². The van der Waals surface area contributed by atoms with E-state index in [1.165, 1.54) is 0 Å². The normalized spacial score (nSPS) is 17.8. The quantitative estimate of drug-likeness (QED) is 0.288. The number of halogens is 1. The zero-order valence-electron chi connectivity index (χ0n) is 21.9. The van der Waals surface area contributed by atoms with Crippen molar-refractivity contribution < 1.29 is 9.53 Å². The number of rotatable bonds is 6. The number of amides is 1. The standard InChI is InChI=1S/C29H33ClN6O2/c1-29(2,3)38-28(37)36(18-19-9-5-4-6-10-19)25-17-31-14-13-24(25)34-27-33-16-22(30)26(35-27)21-15-32-23-12-8-7-11-20(21)23/h4-12,15-16,24-25,31-32H,13-14,17-18H2,1-3H3,(H,33,34,35)/t24?,25-/m1/s1. The molecule has 4 aromatic rings. The van der Waals surface area contributed by atoms with Gasteiger partial charge >= 0.3 is 6.09 Å². The number of piperidine rings is 1. The number of carbonyl (C=O) groups excluding carboxylic acids is 1. The molecule has 1 unspecified atom stereocenters. The zero-order chi connectivity index (χ0) is 26.7. The molecule has 1 aliphatic heterocycles. The fourth-order valence-corrected chi connectivity index (χ4v) is 5.01. The van der Waals surface area contributed by atoms with E-state index in [0.717, 1.165) is 35.0 Å². The molecular weight excluding hydrogens is 500 g/mol. The van der Waals surface area contributed by atoms with Crippen molar-refractivity contribution in [2.45, 2.75) is 51.4 Å². The number of aromatic nitrogens is 3. The van der Waals surface area contributed by atoms with Gasteiger partial charge in [0.1, 0.15) is 5.60 Å². The second-order valence-electron chi connectivity index (χ2n) is 10.5. The van der Waals surface area contributed by atoms with Gasteiger partial charge < -0.3 is 20.4 Å². The van der Waals surface area contributed by atoms with Crippen LogP contribution in [0.4, 0.5) is 10.7 Å². The Labute approximate surface area is 227 Å². The third-order valence-corrected chi connectivity index (χ3v) is 6.85. The van der Waals surface area contributed by atoms with Crippen LogP contribution in [0.3, 0.4) is 0 Å². The van der Waals surface area contributed by atoms with Crippen LogP contribution in [0, 0.1) is 0 Å². The van der Waals surface area contributed by atoms with E-state index in [1.807, 2.05) is 81.6 Å². The average molecular weight is 533 g/mol. The van der Waals surface area contributed by atoms with Crippen molar-refractivity contribution in [2.24, 2.45) is 0 Å². The van der Waals surface area contributed by atoms with Gasteiger partial charge in [-0.05, 0) is 45.4 Å². The first kappa shape index (κ1) is 26.0. The summed E-state index contributed by atoms with van der Waals surface area (Å²) < 4.78 is 5.83. The lowest BCUT2D eigenvalue weighted by molar-refractivity contribution is 0.00988. The Morgan fingerprint density at radius 2 is 1.92 bits per heavy atom. The van der Waals surface area contributed by atoms with Gasteiger partial charge in [-0.3, -0.25) is 4.90 Å². The Kier molecular flexibility index (Phi) is 7.53. The first-order valence-corrected chi connectivity index (χ1v) is 13.3. The van der Waals surface area contributed by atoms with Crippen molar-refractivity contribution in [3.63, 3.8) is 0 Å². The van der Waals surface area contributed by atoms with Crippen LogP contribution in [0.5, 0.6) is 0 Å². The maximum atomic E-state index is 13.4. The van der Waals surface area contributed by atoms with Crippen LogP contribution >= 0.6 is 11.6 Å². The highest BCUT2D eigenvalue weighted by Crippen LogP contribution is 2.32. The Morgan fingerprint density at radius 3 is 2.71 bits per heavy atom. The molecule has 1 amide bonds. The van der Waals surface area contributed by atoms with Gasteiger partial charge in [-0.15, -0.1) is 0 Å². The molecular formula is C29H33ClN6O2. The van der Waals surface area contributed by atoms with Gasteiger partial charge in [-0.2, -0.15) is 0 Å². The third-order valence-electron chi connectivity index (χ3n) is 6.58. The molecule has 38 heavy (non-hydrogen) atoms. The molecule has 3 heterocycles. The Balaban J connectivity index is 1.44. The monoisotopic (exact) mass is 532 g/mol. The minimum atomic E-state index is -0.607. The van der Waals surface area contributed by atoms with E-state index in [1.54, 1.807) is 11.1 Å². The van der Waals surface area contributed by atoms with Crippen LogP contribution in [0.1, 0.15) is 32.8 Å². The van der Waals surface area contributed by atoms with E-state index in [-0.39, 0.29) is 18.2 Å². The van der Waals surface area contributed by atoms with Gasteiger partial charge in [-0.1, -0.05) is 60.1 Å². The number of carbonyl (C=O) groups is 1. The number of anilines is 1. The van der Waals surface area contributed by atoms with Gasteiger partial charge in [0.05, 0.1) is 29.0 Å². The number of para-hydroxylation sites is 1. The number of nitrogens with zero attached hydrogens (tertiary/aromatic N) is 3. The Bertz CT molecular complexity index is 1400. The summed E-state index contributed by atoms with van der Waals surface area (Å²) in [6.45, 7) is 7.51. The molecule has 0 aliphatic carbocycles. The molecule has 1 saturated heterocycles. The van der Waals surface area contributed by atoms with E-state index in [4.69, 9.17) is 21.3 Å².